The van der Waals surface area contributed by atoms with Crippen LogP contribution in [0.5, 0.6) is 5.75 Å². The maximum absolute atomic E-state index is 14.5. The van der Waals surface area contributed by atoms with Crippen LogP contribution in [0, 0.1) is 11.6 Å². The number of hydrogen-bond acceptors (Lipinski definition) is 9. The largest absolute Gasteiger partial charge is 0.494 e. The van der Waals surface area contributed by atoms with E-state index >= 15 is 0 Å². The summed E-state index contributed by atoms with van der Waals surface area (Å²) in [5.74, 6) is -4.13. The normalized spacial score (nSPS) is 14.3. The molecule has 1 aliphatic heterocycles. The van der Waals surface area contributed by atoms with E-state index in [-0.39, 0.29) is 84.9 Å². The fourth-order valence-electron chi connectivity index (χ4n) is 4.99. The lowest BCUT2D eigenvalue weighted by Crippen LogP contribution is -2.51. The van der Waals surface area contributed by atoms with Gasteiger partial charge in [0.1, 0.15) is 23.0 Å². The number of imidazole rings is 1. The first-order valence-corrected chi connectivity index (χ1v) is 14.1. The summed E-state index contributed by atoms with van der Waals surface area (Å²) in [6.45, 7) is 1.05. The molecule has 3 N–H and O–H groups in total. The van der Waals surface area contributed by atoms with Crippen molar-refractivity contribution in [3.63, 3.8) is 0 Å². The summed E-state index contributed by atoms with van der Waals surface area (Å²) in [7, 11) is 0. The van der Waals surface area contributed by atoms with Gasteiger partial charge in [-0.2, -0.15) is 18.3 Å². The van der Waals surface area contributed by atoms with Gasteiger partial charge in [0.05, 0.1) is 56.0 Å². The monoisotopic (exact) mass is 649 g/mol. The number of aromatic amines is 1. The molecule has 0 bridgehead atoms. The first-order chi connectivity index (χ1) is 22.0. The van der Waals surface area contributed by atoms with Crippen LogP contribution in [0.3, 0.4) is 0 Å². The minimum absolute atomic E-state index is 0.00179. The molecule has 0 saturated heterocycles. The van der Waals surface area contributed by atoms with Gasteiger partial charge in [-0.1, -0.05) is 18.1 Å². The highest BCUT2D eigenvalue weighted by Crippen LogP contribution is 2.42. The number of aliphatic carboxylic acids is 1. The zero-order valence-electron chi connectivity index (χ0n) is 24.3. The molecule has 0 amide bonds. The zero-order chi connectivity index (χ0) is 33.1. The number of H-pyrrole nitrogens is 1. The number of aromatic nitrogens is 3. The van der Waals surface area contributed by atoms with Gasteiger partial charge in [-0.3, -0.25) is 5.01 Å². The number of benzene rings is 2. The third kappa shape index (κ3) is 6.30. The quantitative estimate of drug-likeness (QED) is 0.129. The highest BCUT2D eigenvalue weighted by molar-refractivity contribution is 5.84. The topological polar surface area (TPSA) is 146 Å². The van der Waals surface area contributed by atoms with Gasteiger partial charge in [0, 0.05) is 18.1 Å². The third-order valence-corrected chi connectivity index (χ3v) is 7.25. The molecule has 4 aromatic rings. The zero-order valence-corrected chi connectivity index (χ0v) is 24.3. The number of carboxylic acid groups (broad SMARTS) is 1. The van der Waals surface area contributed by atoms with Gasteiger partial charge in [-0.15, -0.1) is 0 Å². The third-order valence-electron chi connectivity index (χ3n) is 7.25. The van der Waals surface area contributed by atoms with Crippen molar-refractivity contribution in [3.05, 3.63) is 76.8 Å². The number of hydrazone groups is 1. The fraction of sp³-hybridized carbons (Fsp3) is 0.333. The van der Waals surface area contributed by atoms with Crippen LogP contribution in [0.2, 0.25) is 0 Å². The van der Waals surface area contributed by atoms with E-state index in [2.05, 4.69) is 20.2 Å². The lowest BCUT2D eigenvalue weighted by atomic mass is 9.90. The van der Waals surface area contributed by atoms with Crippen LogP contribution >= 0.6 is 0 Å². The number of carbonyl (C=O) groups is 1. The fourth-order valence-corrected chi connectivity index (χ4v) is 4.99. The van der Waals surface area contributed by atoms with Crippen molar-refractivity contribution in [1.82, 2.24) is 20.1 Å². The van der Waals surface area contributed by atoms with Gasteiger partial charge >= 0.3 is 12.1 Å². The molecule has 0 radical (unpaired) electrons. The van der Waals surface area contributed by atoms with Crippen LogP contribution in [-0.4, -0.2) is 69.0 Å². The molecular formula is C30H28F5N5O6. The molecule has 1 aliphatic rings. The first kappa shape index (κ1) is 32.6. The molecule has 3 heterocycles. The lowest BCUT2D eigenvalue weighted by molar-refractivity contribution is -0.157. The van der Waals surface area contributed by atoms with Gasteiger partial charge in [-0.25, -0.2) is 18.6 Å². The van der Waals surface area contributed by atoms with Crippen LogP contribution in [0.15, 0.2) is 52.1 Å². The van der Waals surface area contributed by atoms with E-state index in [4.69, 9.17) is 19.1 Å². The molecule has 0 aliphatic carbocycles. The van der Waals surface area contributed by atoms with Crippen molar-refractivity contribution >= 4 is 12.2 Å². The molecule has 1 unspecified atom stereocenters. The number of nitrogens with one attached hydrogen (secondary N) is 1. The Balaban J connectivity index is 1.55. The number of halogens is 5. The SMILES string of the molecule is CCCOc1ccc(-c2cc(C(CCOCCO)(C(=O)O)N3Cc4[nH]c(-c5cccc(F)c5F)nc4C=N3)on2)c(C(F)(F)F)c1. The van der Waals surface area contributed by atoms with Crippen molar-refractivity contribution in [2.75, 3.05) is 26.4 Å². The van der Waals surface area contributed by atoms with Crippen LogP contribution < -0.4 is 4.74 Å². The highest BCUT2D eigenvalue weighted by atomic mass is 19.4. The van der Waals surface area contributed by atoms with Crippen molar-refractivity contribution in [2.24, 2.45) is 5.10 Å². The minimum Gasteiger partial charge on any atom is -0.494 e. The number of ether oxygens (including phenoxy) is 2. The molecule has 0 saturated carbocycles. The Morgan fingerprint density at radius 2 is 1.91 bits per heavy atom. The molecule has 1 atom stereocenters. The Morgan fingerprint density at radius 1 is 1.11 bits per heavy atom. The lowest BCUT2D eigenvalue weighted by Gasteiger charge is -2.37. The van der Waals surface area contributed by atoms with Crippen molar-refractivity contribution in [1.29, 1.82) is 0 Å². The van der Waals surface area contributed by atoms with Crippen molar-refractivity contribution in [3.8, 4) is 28.4 Å². The second-order valence-corrected chi connectivity index (χ2v) is 10.2. The van der Waals surface area contributed by atoms with E-state index in [1.807, 2.05) is 6.92 Å². The summed E-state index contributed by atoms with van der Waals surface area (Å²) < 4.78 is 86.9. The maximum atomic E-state index is 14.5. The molecule has 11 nitrogen and oxygen atoms in total. The van der Waals surface area contributed by atoms with Crippen molar-refractivity contribution < 1.29 is 51.0 Å². The van der Waals surface area contributed by atoms with Gasteiger partial charge in [0.25, 0.3) is 0 Å². The number of rotatable bonds is 13. The minimum atomic E-state index is -4.81. The van der Waals surface area contributed by atoms with E-state index in [1.165, 1.54) is 24.4 Å². The Kier molecular flexibility index (Phi) is 9.39. The number of aliphatic hydroxyl groups excluding tert-OH is 1. The Morgan fingerprint density at radius 3 is 2.63 bits per heavy atom. The van der Waals surface area contributed by atoms with Gasteiger partial charge in [-0.05, 0) is 36.8 Å². The molecule has 2 aromatic heterocycles. The molecular weight excluding hydrogens is 621 g/mol. The number of carboxylic acids is 1. The summed E-state index contributed by atoms with van der Waals surface area (Å²) in [4.78, 5) is 20.2. The standard InChI is InChI=1S/C30H28F5N5O6/c1-2-10-45-17-6-7-18(20(13-17)30(33,34)35)22-14-25(46-39-22)29(28(42)43,8-11-44-12-9-41)40-16-24-23(15-36-40)37-27(38-24)19-4-3-5-21(31)26(19)32/h3-7,13-15,41H,2,8-12,16H2,1H3,(H,37,38)(H,42,43). The van der Waals surface area contributed by atoms with Gasteiger partial charge < -0.3 is 29.2 Å². The van der Waals surface area contributed by atoms with Crippen LogP contribution in [0.25, 0.3) is 22.6 Å². The Labute approximate surface area is 258 Å². The highest BCUT2D eigenvalue weighted by Gasteiger charge is 2.51. The van der Waals surface area contributed by atoms with E-state index in [9.17, 15) is 31.9 Å². The smallest absolute Gasteiger partial charge is 0.417 e. The molecule has 46 heavy (non-hydrogen) atoms. The molecule has 5 rings (SSSR count). The molecule has 0 fully saturated rings. The van der Waals surface area contributed by atoms with Crippen LogP contribution in [0.1, 0.15) is 42.5 Å². The Bertz CT molecular complexity index is 1740. The van der Waals surface area contributed by atoms with E-state index in [1.54, 1.807) is 0 Å². The maximum Gasteiger partial charge on any atom is 0.417 e. The summed E-state index contributed by atoms with van der Waals surface area (Å²) >= 11 is 0. The van der Waals surface area contributed by atoms with E-state index < -0.39 is 34.9 Å². The second-order valence-electron chi connectivity index (χ2n) is 10.2. The number of nitrogens with zero attached hydrogens (tertiary/aromatic N) is 4. The number of alkyl halides is 3. The Hall–Kier alpha value is -4.83. The molecule has 244 valence electrons. The molecule has 0 spiro atoms. The summed E-state index contributed by atoms with van der Waals surface area (Å²) in [5, 5.41) is 28.9. The van der Waals surface area contributed by atoms with Crippen LogP contribution in [-0.2, 0) is 27.8 Å². The average Bonchev–Trinajstić information content (AvgIpc) is 3.68. The number of fused-ring (bicyclic) bond motifs is 1. The average molecular weight is 650 g/mol. The number of aliphatic hydroxyl groups is 1. The predicted octanol–water partition coefficient (Wildman–Crippen LogP) is 5.35. The summed E-state index contributed by atoms with van der Waals surface area (Å²) in [6.07, 6.45) is -3.37. The summed E-state index contributed by atoms with van der Waals surface area (Å²) in [5.41, 5.74) is -3.57. The molecule has 2 aromatic carbocycles. The number of hydrogen-bond donors (Lipinski definition) is 3. The van der Waals surface area contributed by atoms with E-state index in [0.29, 0.717) is 6.42 Å². The van der Waals surface area contributed by atoms with Crippen molar-refractivity contribution in [2.45, 2.75) is 38.0 Å². The van der Waals surface area contributed by atoms with Gasteiger partial charge in [0.15, 0.2) is 17.4 Å². The predicted molar refractivity (Wildman–Crippen MR) is 152 cm³/mol. The first-order valence-electron chi connectivity index (χ1n) is 14.1. The molecule has 16 heteroatoms. The van der Waals surface area contributed by atoms with Crippen LogP contribution in [0.4, 0.5) is 22.0 Å². The second kappa shape index (κ2) is 13.3. The van der Waals surface area contributed by atoms with Gasteiger partial charge in [0.2, 0.25) is 5.54 Å². The van der Waals surface area contributed by atoms with E-state index in [0.717, 1.165) is 29.3 Å². The summed E-state index contributed by atoms with van der Waals surface area (Å²) in [6, 6.07) is 7.98.